The fraction of sp³-hybridized carbons (Fsp3) is 0.800. The van der Waals surface area contributed by atoms with Crippen LogP contribution >= 0.6 is 0 Å². The summed E-state index contributed by atoms with van der Waals surface area (Å²) in [5, 5.41) is 0. The summed E-state index contributed by atoms with van der Waals surface area (Å²) < 4.78 is 5.51. The van der Waals surface area contributed by atoms with Crippen LogP contribution in [0.2, 0.25) is 0 Å². The third-order valence-electron chi connectivity index (χ3n) is 8.13. The normalized spacial score (nSPS) is 50.5. The second-order valence-corrected chi connectivity index (χ2v) is 8.90. The summed E-state index contributed by atoms with van der Waals surface area (Å²) in [6.45, 7) is 4.51. The van der Waals surface area contributed by atoms with Crippen LogP contribution in [0.15, 0.2) is 12.2 Å². The molecule has 0 bridgehead atoms. The molecule has 132 valence electrons. The zero-order valence-corrected chi connectivity index (χ0v) is 15.2. The number of Topliss-reactive ketones (excluding diaryl/α,β-unsaturated/α-hetero) is 1. The van der Waals surface area contributed by atoms with E-state index in [0.29, 0.717) is 29.6 Å². The van der Waals surface area contributed by atoms with Gasteiger partial charge in [0.1, 0.15) is 6.10 Å². The number of carbonyl (C=O) groups excluding carboxylic acids is 2. The van der Waals surface area contributed by atoms with Gasteiger partial charge in [-0.25, -0.2) is 0 Å². The lowest BCUT2D eigenvalue weighted by Gasteiger charge is -2.59. The third kappa shape index (κ3) is 1.89. The van der Waals surface area contributed by atoms with Crippen LogP contribution in [0.1, 0.15) is 46.0 Å². The molecule has 0 aromatic carbocycles. The van der Waals surface area contributed by atoms with Crippen molar-refractivity contribution in [3.63, 3.8) is 0 Å². The Morgan fingerprint density at radius 1 is 1.17 bits per heavy atom. The van der Waals surface area contributed by atoms with Crippen molar-refractivity contribution in [2.45, 2.75) is 58.1 Å². The summed E-state index contributed by atoms with van der Waals surface area (Å²) >= 11 is 0. The van der Waals surface area contributed by atoms with Crippen LogP contribution in [0.5, 0.6) is 0 Å². The first-order valence-corrected chi connectivity index (χ1v) is 9.36. The van der Waals surface area contributed by atoms with Gasteiger partial charge in [-0.2, -0.15) is 0 Å². The van der Waals surface area contributed by atoms with Crippen LogP contribution in [0.25, 0.3) is 0 Å². The van der Waals surface area contributed by atoms with Crippen molar-refractivity contribution >= 4 is 11.7 Å². The first kappa shape index (κ1) is 16.3. The molecule has 1 heterocycles. The van der Waals surface area contributed by atoms with Crippen LogP contribution in [0, 0.1) is 28.6 Å². The highest BCUT2D eigenvalue weighted by Crippen LogP contribution is 2.63. The second-order valence-electron chi connectivity index (χ2n) is 8.90. The van der Waals surface area contributed by atoms with Gasteiger partial charge in [-0.3, -0.25) is 9.59 Å². The molecular formula is C20H29NO3. The van der Waals surface area contributed by atoms with Crippen molar-refractivity contribution in [2.75, 3.05) is 14.2 Å². The molecule has 3 fully saturated rings. The van der Waals surface area contributed by atoms with E-state index < -0.39 is 0 Å². The van der Waals surface area contributed by atoms with Crippen LogP contribution in [0.3, 0.4) is 0 Å². The van der Waals surface area contributed by atoms with Gasteiger partial charge < -0.3 is 9.64 Å². The van der Waals surface area contributed by atoms with Gasteiger partial charge in [0.05, 0.1) is 0 Å². The highest BCUT2D eigenvalue weighted by atomic mass is 16.5. The molecule has 7 atom stereocenters. The highest BCUT2D eigenvalue weighted by molar-refractivity contribution is 5.91. The minimum Gasteiger partial charge on any atom is -0.374 e. The number of amides is 1. The number of fused-ring (bicyclic) bond motifs is 5. The number of ether oxygens (including phenoxy) is 1. The van der Waals surface area contributed by atoms with E-state index in [-0.39, 0.29) is 22.8 Å². The van der Waals surface area contributed by atoms with Crippen molar-refractivity contribution < 1.29 is 14.3 Å². The topological polar surface area (TPSA) is 46.6 Å². The molecule has 0 radical (unpaired) electrons. The smallest absolute Gasteiger partial charge is 0.246 e. The van der Waals surface area contributed by atoms with E-state index in [4.69, 9.17) is 4.74 Å². The fourth-order valence-corrected chi connectivity index (χ4v) is 6.71. The Morgan fingerprint density at radius 2 is 1.92 bits per heavy atom. The van der Waals surface area contributed by atoms with Crippen LogP contribution in [-0.2, 0) is 14.3 Å². The zero-order chi connectivity index (χ0) is 17.3. The maximum Gasteiger partial charge on any atom is 0.246 e. The highest BCUT2D eigenvalue weighted by Gasteiger charge is 2.62. The van der Waals surface area contributed by atoms with Crippen LogP contribution in [-0.4, -0.2) is 42.9 Å². The molecule has 1 amide bonds. The SMILES string of the molecule is CO[C@H]1C[C@H]2[C@@H]3CC[C@H]4N(C)C(=O)C=C[C@]4(C)[C@H]3CC[C@]2(C)C1=O. The molecule has 0 N–H and O–H groups in total. The predicted molar refractivity (Wildman–Crippen MR) is 91.3 cm³/mol. The summed E-state index contributed by atoms with van der Waals surface area (Å²) in [5.74, 6) is 2.02. The first-order chi connectivity index (χ1) is 11.3. The van der Waals surface area contributed by atoms with Crippen LogP contribution < -0.4 is 0 Å². The minimum atomic E-state index is -0.213. The lowest BCUT2D eigenvalue weighted by molar-refractivity contribution is -0.143. The lowest BCUT2D eigenvalue weighted by Crippen LogP contribution is -2.59. The molecule has 4 aliphatic rings. The Labute approximate surface area is 144 Å². The molecule has 0 spiro atoms. The molecule has 1 aliphatic heterocycles. The van der Waals surface area contributed by atoms with Crippen molar-refractivity contribution in [3.05, 3.63) is 12.2 Å². The average Bonchev–Trinajstić information content (AvgIpc) is 2.83. The van der Waals surface area contributed by atoms with Gasteiger partial charge in [-0.15, -0.1) is 0 Å². The Bertz CT molecular complexity index is 614. The fourth-order valence-electron chi connectivity index (χ4n) is 6.71. The lowest BCUT2D eigenvalue weighted by atomic mass is 9.48. The van der Waals surface area contributed by atoms with E-state index in [9.17, 15) is 9.59 Å². The van der Waals surface area contributed by atoms with Crippen molar-refractivity contribution in [2.24, 2.45) is 28.6 Å². The molecule has 0 unspecified atom stereocenters. The van der Waals surface area contributed by atoms with E-state index in [0.717, 1.165) is 32.1 Å². The van der Waals surface area contributed by atoms with E-state index in [2.05, 4.69) is 19.9 Å². The Kier molecular flexibility index (Phi) is 3.51. The van der Waals surface area contributed by atoms with Gasteiger partial charge in [0, 0.05) is 31.0 Å². The Hall–Kier alpha value is -1.16. The van der Waals surface area contributed by atoms with Crippen molar-refractivity contribution in [3.8, 4) is 0 Å². The summed E-state index contributed by atoms with van der Waals surface area (Å²) in [6, 6.07) is 0.302. The summed E-state index contributed by atoms with van der Waals surface area (Å²) in [7, 11) is 3.62. The largest absolute Gasteiger partial charge is 0.374 e. The molecule has 0 aromatic rings. The Balaban J connectivity index is 1.69. The monoisotopic (exact) mass is 331 g/mol. The van der Waals surface area contributed by atoms with Gasteiger partial charge in [0.15, 0.2) is 5.78 Å². The molecule has 24 heavy (non-hydrogen) atoms. The summed E-state index contributed by atoms with van der Waals surface area (Å²) in [4.78, 5) is 26.9. The van der Waals surface area contributed by atoms with E-state index in [1.54, 1.807) is 13.2 Å². The molecule has 3 saturated carbocycles. The quantitative estimate of drug-likeness (QED) is 0.742. The van der Waals surface area contributed by atoms with Crippen LogP contribution in [0.4, 0.5) is 0 Å². The second kappa shape index (κ2) is 5.17. The number of likely N-dealkylation sites (N-methyl/N-ethyl adjacent to an activating group) is 1. The van der Waals surface area contributed by atoms with E-state index in [1.807, 2.05) is 11.9 Å². The molecular weight excluding hydrogens is 302 g/mol. The van der Waals surface area contributed by atoms with Crippen molar-refractivity contribution in [1.29, 1.82) is 0 Å². The Morgan fingerprint density at radius 3 is 2.62 bits per heavy atom. The third-order valence-corrected chi connectivity index (χ3v) is 8.13. The van der Waals surface area contributed by atoms with Gasteiger partial charge in [0.25, 0.3) is 0 Å². The van der Waals surface area contributed by atoms with E-state index >= 15 is 0 Å². The zero-order valence-electron chi connectivity index (χ0n) is 15.2. The summed E-state index contributed by atoms with van der Waals surface area (Å²) in [5.41, 5.74) is -0.160. The van der Waals surface area contributed by atoms with Gasteiger partial charge >= 0.3 is 0 Å². The molecule has 4 heteroatoms. The number of hydrogen-bond donors (Lipinski definition) is 0. The number of carbonyl (C=O) groups is 2. The maximum absolute atomic E-state index is 12.8. The first-order valence-electron chi connectivity index (χ1n) is 9.36. The number of hydrogen-bond acceptors (Lipinski definition) is 3. The maximum atomic E-state index is 12.8. The number of nitrogens with zero attached hydrogens (tertiary/aromatic N) is 1. The van der Waals surface area contributed by atoms with Gasteiger partial charge in [0.2, 0.25) is 5.91 Å². The summed E-state index contributed by atoms with van der Waals surface area (Å²) in [6.07, 6.45) is 8.84. The molecule has 0 saturated heterocycles. The van der Waals surface area contributed by atoms with Gasteiger partial charge in [-0.1, -0.05) is 19.9 Å². The number of methoxy groups -OCH3 is 1. The van der Waals surface area contributed by atoms with Gasteiger partial charge in [-0.05, 0) is 55.9 Å². The average molecular weight is 331 g/mol. The number of rotatable bonds is 1. The molecule has 4 nitrogen and oxygen atoms in total. The molecule has 3 aliphatic carbocycles. The van der Waals surface area contributed by atoms with E-state index in [1.165, 1.54) is 0 Å². The predicted octanol–water partition coefficient (Wildman–Crippen LogP) is 2.82. The molecule has 0 aromatic heterocycles. The minimum absolute atomic E-state index is 0.0428. The van der Waals surface area contributed by atoms with Crippen molar-refractivity contribution in [1.82, 2.24) is 4.90 Å². The standard InChI is InChI=1S/C20H29NO3/c1-19-10-8-17(22)21(3)16(19)6-5-12-13(19)7-9-20(2)14(12)11-15(24-4)18(20)23/h8,10,12-16H,5-7,9,11H2,1-4H3/t12-,13+,14+,15+,16-,19-,20+/m1/s1. The molecule has 4 rings (SSSR count). The number of ketones is 1.